The fourth-order valence-electron chi connectivity index (χ4n) is 5.31. The third-order valence-corrected chi connectivity index (χ3v) is 7.88. The van der Waals surface area contributed by atoms with Gasteiger partial charge in [-0.25, -0.2) is 8.42 Å². The zero-order valence-corrected chi connectivity index (χ0v) is 19.4. The summed E-state index contributed by atoms with van der Waals surface area (Å²) in [6, 6.07) is 17.5. The lowest BCUT2D eigenvalue weighted by molar-refractivity contribution is -0.112. The Balaban J connectivity index is 1.46. The summed E-state index contributed by atoms with van der Waals surface area (Å²) < 4.78 is 23.3. The molecule has 6 heteroatoms. The molecule has 1 unspecified atom stereocenters. The first kappa shape index (κ1) is 22.0. The van der Waals surface area contributed by atoms with Gasteiger partial charge in [-0.1, -0.05) is 44.2 Å². The van der Waals surface area contributed by atoms with Gasteiger partial charge in [0.15, 0.2) is 9.84 Å². The Bertz CT molecular complexity index is 1020. The normalized spacial score (nSPS) is 21.3. The lowest BCUT2D eigenvalue weighted by atomic mass is 9.63. The molecule has 5 nitrogen and oxygen atoms in total. The van der Waals surface area contributed by atoms with Gasteiger partial charge in [0, 0.05) is 49.5 Å². The summed E-state index contributed by atoms with van der Waals surface area (Å²) in [6.45, 7) is 8.20. The summed E-state index contributed by atoms with van der Waals surface area (Å²) in [5, 5.41) is 0. The molecule has 2 aliphatic rings. The van der Waals surface area contributed by atoms with Crippen LogP contribution in [0.5, 0.6) is 0 Å². The predicted octanol–water partition coefficient (Wildman–Crippen LogP) is 4.03. The van der Waals surface area contributed by atoms with Crippen LogP contribution in [-0.4, -0.2) is 56.6 Å². The van der Waals surface area contributed by atoms with Gasteiger partial charge in [0.05, 0.1) is 4.90 Å². The van der Waals surface area contributed by atoms with E-state index in [2.05, 4.69) is 49.1 Å². The molecule has 2 aromatic rings. The van der Waals surface area contributed by atoms with Crippen LogP contribution in [-0.2, 0) is 9.84 Å². The largest absolute Gasteiger partial charge is 0.339 e. The molecule has 166 valence electrons. The third-order valence-electron chi connectivity index (χ3n) is 6.75. The van der Waals surface area contributed by atoms with Crippen molar-refractivity contribution < 1.29 is 13.2 Å². The number of likely N-dealkylation sites (tertiary alicyclic amines) is 2. The maximum absolute atomic E-state index is 13.0. The summed E-state index contributed by atoms with van der Waals surface area (Å²) in [7, 11) is -3.26. The minimum Gasteiger partial charge on any atom is -0.339 e. The lowest BCUT2D eigenvalue weighted by Crippen LogP contribution is -2.63. The summed E-state index contributed by atoms with van der Waals surface area (Å²) in [5.41, 5.74) is 2.16. The molecule has 4 rings (SSSR count). The van der Waals surface area contributed by atoms with Gasteiger partial charge in [-0.15, -0.1) is 0 Å². The van der Waals surface area contributed by atoms with E-state index >= 15 is 0 Å². The highest BCUT2D eigenvalue weighted by molar-refractivity contribution is 7.90. The number of amides is 1. The van der Waals surface area contributed by atoms with Crippen molar-refractivity contribution in [2.24, 2.45) is 11.3 Å². The molecule has 0 N–H and O–H groups in total. The Labute approximate surface area is 186 Å². The van der Waals surface area contributed by atoms with Crippen molar-refractivity contribution in [1.82, 2.24) is 9.80 Å². The van der Waals surface area contributed by atoms with Crippen LogP contribution in [0.3, 0.4) is 0 Å². The van der Waals surface area contributed by atoms with Crippen molar-refractivity contribution in [2.75, 3.05) is 32.4 Å². The van der Waals surface area contributed by atoms with E-state index < -0.39 is 9.84 Å². The Hall–Kier alpha value is -2.18. The number of carbonyl (C=O) groups excluding carboxylic acids is 1. The Morgan fingerprint density at radius 3 is 2.19 bits per heavy atom. The molecule has 31 heavy (non-hydrogen) atoms. The highest BCUT2D eigenvalue weighted by Crippen LogP contribution is 2.55. The zero-order valence-electron chi connectivity index (χ0n) is 18.6. The molecular formula is C25H32N2O3S. The molecule has 2 heterocycles. The van der Waals surface area contributed by atoms with Crippen LogP contribution in [0.4, 0.5) is 0 Å². The number of carbonyl (C=O) groups is 1. The summed E-state index contributed by atoms with van der Waals surface area (Å²) in [6.07, 6.45) is 3.17. The van der Waals surface area contributed by atoms with E-state index in [1.807, 2.05) is 4.90 Å². The fraction of sp³-hybridized carbons (Fsp3) is 0.480. The number of sulfone groups is 1. The standard InChI is InChI=1S/C25H32N2O3S/c1-19(2)17-27-18-25(23(27)20-7-5-4-6-8-20)13-15-26(16-14-25)24(28)21-9-11-22(12-10-21)31(3,29)30/h4-12,19,23H,13-18H2,1-3H3. The van der Waals surface area contributed by atoms with Crippen LogP contribution >= 0.6 is 0 Å². The molecule has 1 spiro atoms. The highest BCUT2D eigenvalue weighted by Gasteiger charge is 2.54. The van der Waals surface area contributed by atoms with Gasteiger partial charge in [0.25, 0.3) is 5.91 Å². The molecule has 2 aliphatic heterocycles. The lowest BCUT2D eigenvalue weighted by Gasteiger charge is -2.61. The number of hydrogen-bond donors (Lipinski definition) is 0. The average molecular weight is 441 g/mol. The van der Waals surface area contributed by atoms with E-state index in [4.69, 9.17) is 0 Å². The molecule has 2 fully saturated rings. The molecule has 0 radical (unpaired) electrons. The van der Waals surface area contributed by atoms with Crippen molar-refractivity contribution >= 4 is 15.7 Å². The predicted molar refractivity (Wildman–Crippen MR) is 123 cm³/mol. The van der Waals surface area contributed by atoms with Crippen LogP contribution in [0.1, 0.15) is 48.7 Å². The summed E-state index contributed by atoms with van der Waals surface area (Å²) in [5.74, 6) is 0.615. The SMILES string of the molecule is CC(C)CN1CC2(CCN(C(=O)c3ccc(S(C)(=O)=O)cc3)CC2)C1c1ccccc1. The first-order chi connectivity index (χ1) is 14.7. The first-order valence-electron chi connectivity index (χ1n) is 11.1. The van der Waals surface area contributed by atoms with Crippen molar-refractivity contribution in [2.45, 2.75) is 37.6 Å². The van der Waals surface area contributed by atoms with Crippen molar-refractivity contribution in [3.05, 3.63) is 65.7 Å². The molecule has 0 aliphatic carbocycles. The second-order valence-corrected chi connectivity index (χ2v) is 11.6. The van der Waals surface area contributed by atoms with E-state index in [9.17, 15) is 13.2 Å². The van der Waals surface area contributed by atoms with Crippen LogP contribution in [0, 0.1) is 11.3 Å². The van der Waals surface area contributed by atoms with Crippen molar-refractivity contribution in [3.8, 4) is 0 Å². The average Bonchev–Trinajstić information content (AvgIpc) is 2.73. The van der Waals surface area contributed by atoms with Gasteiger partial charge in [0.1, 0.15) is 0 Å². The number of benzene rings is 2. The molecule has 1 atom stereocenters. The molecule has 1 amide bonds. The van der Waals surface area contributed by atoms with Crippen molar-refractivity contribution in [3.63, 3.8) is 0 Å². The summed E-state index contributed by atoms with van der Waals surface area (Å²) >= 11 is 0. The Morgan fingerprint density at radius 1 is 1.03 bits per heavy atom. The van der Waals surface area contributed by atoms with Crippen molar-refractivity contribution in [1.29, 1.82) is 0 Å². The highest BCUT2D eigenvalue weighted by atomic mass is 32.2. The molecule has 0 bridgehead atoms. The van der Waals surface area contributed by atoms with E-state index in [1.54, 1.807) is 12.1 Å². The van der Waals surface area contributed by atoms with E-state index in [1.165, 1.54) is 24.0 Å². The topological polar surface area (TPSA) is 57.7 Å². The van der Waals surface area contributed by atoms with E-state index in [0.717, 1.165) is 39.0 Å². The number of rotatable bonds is 5. The molecular weight excluding hydrogens is 408 g/mol. The maximum atomic E-state index is 13.0. The van der Waals surface area contributed by atoms with Gasteiger partial charge >= 0.3 is 0 Å². The zero-order chi connectivity index (χ0) is 22.2. The maximum Gasteiger partial charge on any atom is 0.253 e. The van der Waals surface area contributed by atoms with Gasteiger partial charge in [-0.3, -0.25) is 9.69 Å². The van der Waals surface area contributed by atoms with Gasteiger partial charge in [-0.2, -0.15) is 0 Å². The second-order valence-electron chi connectivity index (χ2n) is 9.59. The van der Waals surface area contributed by atoms with E-state index in [0.29, 0.717) is 17.5 Å². The van der Waals surface area contributed by atoms with Crippen LogP contribution < -0.4 is 0 Å². The van der Waals surface area contributed by atoms with Gasteiger partial charge < -0.3 is 4.90 Å². The monoisotopic (exact) mass is 440 g/mol. The molecule has 0 saturated carbocycles. The Morgan fingerprint density at radius 2 is 1.65 bits per heavy atom. The van der Waals surface area contributed by atoms with E-state index in [-0.39, 0.29) is 16.2 Å². The third kappa shape index (κ3) is 4.41. The van der Waals surface area contributed by atoms with Crippen LogP contribution in [0.2, 0.25) is 0 Å². The number of nitrogens with zero attached hydrogens (tertiary/aromatic N) is 2. The quantitative estimate of drug-likeness (QED) is 0.705. The molecule has 2 saturated heterocycles. The second kappa shape index (κ2) is 8.40. The first-order valence-corrected chi connectivity index (χ1v) is 13.0. The fourth-order valence-corrected chi connectivity index (χ4v) is 5.94. The summed E-state index contributed by atoms with van der Waals surface area (Å²) in [4.78, 5) is 17.8. The number of piperidine rings is 1. The van der Waals surface area contributed by atoms with Gasteiger partial charge in [-0.05, 0) is 48.6 Å². The van der Waals surface area contributed by atoms with Crippen LogP contribution in [0.15, 0.2) is 59.5 Å². The molecule has 2 aromatic carbocycles. The minimum absolute atomic E-state index is 0.00970. The Kier molecular flexibility index (Phi) is 5.97. The smallest absolute Gasteiger partial charge is 0.253 e. The molecule has 0 aromatic heterocycles. The van der Waals surface area contributed by atoms with Crippen LogP contribution in [0.25, 0.3) is 0 Å². The minimum atomic E-state index is -3.26. The number of hydrogen-bond acceptors (Lipinski definition) is 4. The van der Waals surface area contributed by atoms with Gasteiger partial charge in [0.2, 0.25) is 0 Å².